The molecule has 1 aromatic heterocycles. The van der Waals surface area contributed by atoms with E-state index in [-0.39, 0.29) is 16.4 Å². The second kappa shape index (κ2) is 11.6. The van der Waals surface area contributed by atoms with Gasteiger partial charge in [0, 0.05) is 15.3 Å². The Labute approximate surface area is 234 Å². The zero-order valence-electron chi connectivity index (χ0n) is 20.5. The van der Waals surface area contributed by atoms with Crippen LogP contribution >= 0.6 is 23.4 Å². The molecular weight excluding hydrogens is 530 g/mol. The molecule has 0 radical (unpaired) electrons. The highest BCUT2D eigenvalue weighted by molar-refractivity contribution is 7.99. The number of thioether (sulfide) groups is 1. The smallest absolute Gasteiger partial charge is 0.335 e. The summed E-state index contributed by atoms with van der Waals surface area (Å²) in [4.78, 5) is 28.5. The molecule has 5 nitrogen and oxygen atoms in total. The first-order valence-electron chi connectivity index (χ1n) is 12.0. The molecule has 4 aromatic carbocycles. The number of carboxylic acids is 2. The number of carbonyl (C=O) groups is 2. The Morgan fingerprint density at radius 3 is 2.18 bits per heavy atom. The fourth-order valence-electron chi connectivity index (χ4n) is 4.18. The van der Waals surface area contributed by atoms with Crippen molar-refractivity contribution >= 4 is 58.4 Å². The van der Waals surface area contributed by atoms with Crippen molar-refractivity contribution in [2.75, 3.05) is 0 Å². The zero-order valence-corrected chi connectivity index (χ0v) is 22.1. The van der Waals surface area contributed by atoms with Crippen LogP contribution in [0, 0.1) is 0 Å². The Hall–Kier alpha value is -4.39. The average Bonchev–Trinajstić information content (AvgIpc) is 2.95. The molecular formula is C32H22ClNO4S. The maximum atomic E-state index is 11.7. The topological polar surface area (TPSA) is 87.5 Å². The van der Waals surface area contributed by atoms with Crippen molar-refractivity contribution in [3.63, 3.8) is 0 Å². The second-order valence-corrected chi connectivity index (χ2v) is 10.4. The molecule has 1 unspecified atom stereocenters. The van der Waals surface area contributed by atoms with Crippen molar-refractivity contribution in [1.82, 2.24) is 4.98 Å². The number of pyridine rings is 1. The van der Waals surface area contributed by atoms with Gasteiger partial charge in [0.2, 0.25) is 0 Å². The fourth-order valence-corrected chi connectivity index (χ4v) is 5.48. The molecule has 5 rings (SSSR count). The Bertz CT molecular complexity index is 1720. The van der Waals surface area contributed by atoms with E-state index in [4.69, 9.17) is 11.6 Å². The lowest BCUT2D eigenvalue weighted by molar-refractivity contribution is 0.0686. The van der Waals surface area contributed by atoms with E-state index < -0.39 is 11.9 Å². The molecule has 0 fully saturated rings. The molecule has 1 heterocycles. The molecule has 0 aliphatic carbocycles. The molecule has 0 amide bonds. The second-order valence-electron chi connectivity index (χ2n) is 8.83. The Balaban J connectivity index is 1.48. The standard InChI is InChI=1S/C32H22ClNO4S/c33-26-12-8-21-9-14-27(34-29(21)19-26)13-7-20-3-1-4-23(17-20)30(24-5-2-6-25(18-24)32(37)38)39-28-15-10-22(11-16-28)31(35)36/h1-19,30H,(H,35,36)(H,37,38)/b13-7+. The van der Waals surface area contributed by atoms with Crippen molar-refractivity contribution in [2.45, 2.75) is 10.1 Å². The van der Waals surface area contributed by atoms with Crippen molar-refractivity contribution < 1.29 is 19.8 Å². The molecule has 0 aliphatic rings. The number of aromatic nitrogens is 1. The first-order chi connectivity index (χ1) is 18.9. The summed E-state index contributed by atoms with van der Waals surface area (Å²) in [6, 6.07) is 31.2. The van der Waals surface area contributed by atoms with Crippen molar-refractivity contribution in [2.24, 2.45) is 0 Å². The molecule has 0 spiro atoms. The number of halogens is 1. The summed E-state index contributed by atoms with van der Waals surface area (Å²) in [6.07, 6.45) is 3.93. The summed E-state index contributed by atoms with van der Waals surface area (Å²) in [6.45, 7) is 0. The minimum absolute atomic E-state index is 0.206. The minimum Gasteiger partial charge on any atom is -0.478 e. The van der Waals surface area contributed by atoms with Gasteiger partial charge in [-0.2, -0.15) is 0 Å². The number of benzene rings is 4. The molecule has 39 heavy (non-hydrogen) atoms. The molecule has 0 aliphatic heterocycles. The van der Waals surface area contributed by atoms with Crippen molar-refractivity contribution in [1.29, 1.82) is 0 Å². The van der Waals surface area contributed by atoms with E-state index in [2.05, 4.69) is 11.1 Å². The third kappa shape index (κ3) is 6.37. The number of carboxylic acid groups (broad SMARTS) is 2. The lowest BCUT2D eigenvalue weighted by atomic mass is 10.00. The predicted octanol–water partition coefficient (Wildman–Crippen LogP) is 8.34. The largest absolute Gasteiger partial charge is 0.478 e. The highest BCUT2D eigenvalue weighted by Gasteiger charge is 2.18. The van der Waals surface area contributed by atoms with Crippen LogP contribution in [0.4, 0.5) is 0 Å². The summed E-state index contributed by atoms with van der Waals surface area (Å²) in [5.74, 6) is -1.98. The highest BCUT2D eigenvalue weighted by atomic mass is 35.5. The number of nitrogens with zero attached hydrogens (tertiary/aromatic N) is 1. The number of hydrogen-bond donors (Lipinski definition) is 2. The average molecular weight is 552 g/mol. The summed E-state index contributed by atoms with van der Waals surface area (Å²) >= 11 is 7.66. The van der Waals surface area contributed by atoms with Crippen LogP contribution in [0.3, 0.4) is 0 Å². The summed E-state index contributed by atoms with van der Waals surface area (Å²) < 4.78 is 0. The Kier molecular flexibility index (Phi) is 7.77. The van der Waals surface area contributed by atoms with Gasteiger partial charge in [0.15, 0.2) is 0 Å². The van der Waals surface area contributed by atoms with Crippen LogP contribution in [0.15, 0.2) is 108 Å². The van der Waals surface area contributed by atoms with Gasteiger partial charge in [-0.3, -0.25) is 0 Å². The molecule has 5 aromatic rings. The zero-order chi connectivity index (χ0) is 27.4. The Morgan fingerprint density at radius 2 is 1.44 bits per heavy atom. The number of rotatable bonds is 8. The normalized spacial score (nSPS) is 12.0. The van der Waals surface area contributed by atoms with Gasteiger partial charge < -0.3 is 10.2 Å². The minimum atomic E-state index is -0.993. The maximum Gasteiger partial charge on any atom is 0.335 e. The van der Waals surface area contributed by atoms with Crippen LogP contribution in [0.2, 0.25) is 5.02 Å². The third-order valence-electron chi connectivity index (χ3n) is 6.13. The van der Waals surface area contributed by atoms with Gasteiger partial charge >= 0.3 is 11.9 Å². The Morgan fingerprint density at radius 1 is 0.744 bits per heavy atom. The van der Waals surface area contributed by atoms with Gasteiger partial charge in [-0.1, -0.05) is 66.2 Å². The number of fused-ring (bicyclic) bond motifs is 1. The van der Waals surface area contributed by atoms with Crippen LogP contribution in [-0.2, 0) is 0 Å². The first kappa shape index (κ1) is 26.2. The van der Waals surface area contributed by atoms with Crippen molar-refractivity contribution in [3.8, 4) is 0 Å². The van der Waals surface area contributed by atoms with Crippen LogP contribution in [0.25, 0.3) is 23.1 Å². The lowest BCUT2D eigenvalue weighted by Crippen LogP contribution is -2.02. The van der Waals surface area contributed by atoms with E-state index in [1.54, 1.807) is 42.5 Å². The molecule has 0 bridgehead atoms. The van der Waals surface area contributed by atoms with Gasteiger partial charge in [-0.05, 0) is 77.4 Å². The van der Waals surface area contributed by atoms with E-state index in [1.807, 2.05) is 66.7 Å². The first-order valence-corrected chi connectivity index (χ1v) is 13.3. The maximum absolute atomic E-state index is 11.7. The van der Waals surface area contributed by atoms with E-state index in [1.165, 1.54) is 11.8 Å². The van der Waals surface area contributed by atoms with Crippen LogP contribution in [0.1, 0.15) is 48.4 Å². The molecule has 2 N–H and O–H groups in total. The third-order valence-corrected chi connectivity index (χ3v) is 7.69. The van der Waals surface area contributed by atoms with E-state index in [9.17, 15) is 19.8 Å². The van der Waals surface area contributed by atoms with Gasteiger partial charge in [0.1, 0.15) is 0 Å². The lowest BCUT2D eigenvalue weighted by Gasteiger charge is -2.19. The van der Waals surface area contributed by atoms with E-state index in [0.717, 1.165) is 38.2 Å². The molecule has 1 atom stereocenters. The predicted molar refractivity (Wildman–Crippen MR) is 157 cm³/mol. The van der Waals surface area contributed by atoms with Gasteiger partial charge in [0.25, 0.3) is 0 Å². The van der Waals surface area contributed by atoms with Gasteiger partial charge in [-0.15, -0.1) is 11.8 Å². The fraction of sp³-hybridized carbons (Fsp3) is 0.0312. The van der Waals surface area contributed by atoms with Crippen LogP contribution in [0.5, 0.6) is 0 Å². The quantitative estimate of drug-likeness (QED) is 0.188. The highest BCUT2D eigenvalue weighted by Crippen LogP contribution is 2.41. The monoisotopic (exact) mass is 551 g/mol. The van der Waals surface area contributed by atoms with Gasteiger partial charge in [0.05, 0.1) is 27.6 Å². The molecule has 7 heteroatoms. The summed E-state index contributed by atoms with van der Waals surface area (Å²) in [7, 11) is 0. The van der Waals surface area contributed by atoms with E-state index >= 15 is 0 Å². The van der Waals surface area contributed by atoms with Crippen LogP contribution in [-0.4, -0.2) is 27.1 Å². The number of aromatic carboxylic acids is 2. The molecule has 0 saturated heterocycles. The SMILES string of the molecule is O=C(O)c1ccc(SC(c2cccc(/C=C/c3ccc4ccc(Cl)cc4n3)c2)c2cccc(C(=O)O)c2)cc1. The summed E-state index contributed by atoms with van der Waals surface area (Å²) in [5.41, 5.74) is 4.80. The van der Waals surface area contributed by atoms with Crippen LogP contribution < -0.4 is 0 Å². The van der Waals surface area contributed by atoms with Crippen molar-refractivity contribution in [3.05, 3.63) is 142 Å². The van der Waals surface area contributed by atoms with Gasteiger partial charge in [-0.25, -0.2) is 14.6 Å². The van der Waals surface area contributed by atoms with E-state index in [0.29, 0.717) is 5.02 Å². The molecule has 0 saturated carbocycles. The number of hydrogen-bond acceptors (Lipinski definition) is 4. The summed E-state index contributed by atoms with van der Waals surface area (Å²) in [5, 5.41) is 20.2. The molecule has 192 valence electrons.